The Morgan fingerprint density at radius 1 is 1.03 bits per heavy atom. The molecular formula is C23H28ClFN6O2. The number of nitrogens with zero attached hydrogens (tertiary/aromatic N) is 6. The minimum Gasteiger partial charge on any atom is -0.459 e. The maximum atomic E-state index is 13.7. The molecule has 8 nitrogen and oxygen atoms in total. The number of hydrogen-bond acceptors (Lipinski definition) is 6. The third kappa shape index (κ3) is 4.94. The molecule has 0 bridgehead atoms. The van der Waals surface area contributed by atoms with Crippen LogP contribution in [0.15, 0.2) is 47.1 Å². The summed E-state index contributed by atoms with van der Waals surface area (Å²) in [5, 5.41) is 12.8. The fourth-order valence-electron chi connectivity index (χ4n) is 4.87. The van der Waals surface area contributed by atoms with Gasteiger partial charge in [-0.1, -0.05) is 31.4 Å². The highest BCUT2D eigenvalue weighted by molar-refractivity contribution is 5.91. The minimum absolute atomic E-state index is 0. The van der Waals surface area contributed by atoms with Gasteiger partial charge in [0.15, 0.2) is 11.6 Å². The lowest BCUT2D eigenvalue weighted by molar-refractivity contribution is 0.0557. The first-order valence-corrected chi connectivity index (χ1v) is 11.3. The molecule has 1 atom stereocenters. The highest BCUT2D eigenvalue weighted by atomic mass is 35.5. The molecule has 5 rings (SSSR count). The van der Waals surface area contributed by atoms with Crippen molar-refractivity contribution < 1.29 is 13.6 Å². The zero-order valence-electron chi connectivity index (χ0n) is 18.3. The van der Waals surface area contributed by atoms with Gasteiger partial charge in [-0.2, -0.15) is 0 Å². The first-order chi connectivity index (χ1) is 15.7. The molecule has 0 spiro atoms. The summed E-state index contributed by atoms with van der Waals surface area (Å²) in [4.78, 5) is 16.8. The van der Waals surface area contributed by atoms with Gasteiger partial charge in [-0.15, -0.1) is 17.5 Å². The van der Waals surface area contributed by atoms with Gasteiger partial charge in [-0.25, -0.2) is 9.07 Å². The van der Waals surface area contributed by atoms with Crippen LogP contribution >= 0.6 is 12.4 Å². The van der Waals surface area contributed by atoms with E-state index in [0.717, 1.165) is 24.2 Å². The largest absolute Gasteiger partial charge is 0.459 e. The Kier molecular flexibility index (Phi) is 7.39. The van der Waals surface area contributed by atoms with E-state index in [1.165, 1.54) is 37.7 Å². The van der Waals surface area contributed by atoms with Gasteiger partial charge in [-0.05, 0) is 53.1 Å². The average molecular weight is 475 g/mol. The second-order valence-corrected chi connectivity index (χ2v) is 8.53. The average Bonchev–Trinajstić information content (AvgIpc) is 3.54. The number of tetrazole rings is 1. The lowest BCUT2D eigenvalue weighted by Gasteiger charge is -2.39. The number of amides is 1. The summed E-state index contributed by atoms with van der Waals surface area (Å²) in [6, 6.07) is 10.1. The van der Waals surface area contributed by atoms with Crippen molar-refractivity contribution in [1.29, 1.82) is 0 Å². The summed E-state index contributed by atoms with van der Waals surface area (Å²) < 4.78 is 20.9. The molecule has 33 heavy (non-hydrogen) atoms. The molecule has 2 aliphatic rings. The minimum atomic E-state index is -0.270. The van der Waals surface area contributed by atoms with Crippen LogP contribution in [0.3, 0.4) is 0 Å². The Morgan fingerprint density at radius 2 is 1.76 bits per heavy atom. The van der Waals surface area contributed by atoms with E-state index in [-0.39, 0.29) is 30.2 Å². The molecule has 1 saturated heterocycles. The normalized spacial score (nSPS) is 18.6. The Morgan fingerprint density at radius 3 is 2.42 bits per heavy atom. The van der Waals surface area contributed by atoms with Crippen LogP contribution in [-0.2, 0) is 0 Å². The number of rotatable bonds is 5. The van der Waals surface area contributed by atoms with Crippen LogP contribution in [0.4, 0.5) is 4.39 Å². The van der Waals surface area contributed by atoms with Crippen molar-refractivity contribution in [1.82, 2.24) is 30.0 Å². The fraction of sp³-hybridized carbons (Fsp3) is 0.478. The van der Waals surface area contributed by atoms with E-state index in [1.807, 2.05) is 4.68 Å². The van der Waals surface area contributed by atoms with Crippen LogP contribution in [-0.4, -0.2) is 62.1 Å². The Balaban J connectivity index is 0.00000259. The van der Waals surface area contributed by atoms with Gasteiger partial charge in [0.2, 0.25) is 0 Å². The van der Waals surface area contributed by atoms with E-state index in [0.29, 0.717) is 38.0 Å². The Hall–Kier alpha value is -2.78. The van der Waals surface area contributed by atoms with E-state index in [9.17, 15) is 9.18 Å². The summed E-state index contributed by atoms with van der Waals surface area (Å²) in [7, 11) is 0. The molecular weight excluding hydrogens is 447 g/mol. The predicted octanol–water partition coefficient (Wildman–Crippen LogP) is 3.88. The molecule has 2 fully saturated rings. The zero-order valence-corrected chi connectivity index (χ0v) is 19.2. The molecule has 3 heterocycles. The number of carbonyl (C=O) groups is 1. The van der Waals surface area contributed by atoms with Crippen molar-refractivity contribution in [2.75, 3.05) is 26.2 Å². The number of hydrogen-bond donors (Lipinski definition) is 0. The Labute approximate surface area is 198 Å². The van der Waals surface area contributed by atoms with E-state index in [1.54, 1.807) is 29.2 Å². The Bertz CT molecular complexity index is 1030. The monoisotopic (exact) mass is 474 g/mol. The molecule has 3 aromatic rings. The number of aromatic nitrogens is 4. The molecule has 1 unspecified atom stereocenters. The second kappa shape index (κ2) is 10.4. The highest BCUT2D eigenvalue weighted by Gasteiger charge is 2.34. The van der Waals surface area contributed by atoms with Gasteiger partial charge in [0, 0.05) is 26.2 Å². The number of furan rings is 1. The zero-order chi connectivity index (χ0) is 21.9. The standard InChI is InChI=1S/C23H27FN6O2.ClH/c24-18-10-8-17(9-11-18)21(22-25-26-27-30(22)19-5-2-1-3-6-19)28-12-14-29(15-13-28)23(31)20-7-4-16-32-20;/h4,7-11,16,19,21H,1-3,5-6,12-15H2;1H. The third-order valence-electron chi connectivity index (χ3n) is 6.57. The molecule has 1 aliphatic heterocycles. The molecule has 2 aromatic heterocycles. The van der Waals surface area contributed by atoms with Gasteiger partial charge in [0.05, 0.1) is 18.3 Å². The lowest BCUT2D eigenvalue weighted by Crippen LogP contribution is -2.50. The molecule has 1 saturated carbocycles. The number of piperazine rings is 1. The van der Waals surface area contributed by atoms with Crippen LogP contribution < -0.4 is 0 Å². The van der Waals surface area contributed by atoms with E-state index in [4.69, 9.17) is 4.42 Å². The van der Waals surface area contributed by atoms with Crippen molar-refractivity contribution in [3.8, 4) is 0 Å². The van der Waals surface area contributed by atoms with Crippen LogP contribution in [0.5, 0.6) is 0 Å². The third-order valence-corrected chi connectivity index (χ3v) is 6.57. The van der Waals surface area contributed by atoms with E-state index >= 15 is 0 Å². The molecule has 1 aromatic carbocycles. The highest BCUT2D eigenvalue weighted by Crippen LogP contribution is 2.33. The summed E-state index contributed by atoms with van der Waals surface area (Å²) >= 11 is 0. The lowest BCUT2D eigenvalue weighted by atomic mass is 9.95. The quantitative estimate of drug-likeness (QED) is 0.558. The summed E-state index contributed by atoms with van der Waals surface area (Å²) in [5.41, 5.74) is 0.948. The van der Waals surface area contributed by atoms with Crippen LogP contribution in [0, 0.1) is 5.82 Å². The SMILES string of the molecule is Cl.O=C(c1ccco1)N1CCN(C(c2ccc(F)cc2)c2nnnn2C2CCCCC2)CC1. The van der Waals surface area contributed by atoms with Gasteiger partial charge in [-0.3, -0.25) is 9.69 Å². The first kappa shape index (κ1) is 23.4. The van der Waals surface area contributed by atoms with Crippen LogP contribution in [0.1, 0.15) is 66.1 Å². The van der Waals surface area contributed by atoms with Crippen molar-refractivity contribution >= 4 is 18.3 Å². The molecule has 0 radical (unpaired) electrons. The van der Waals surface area contributed by atoms with Crippen LogP contribution in [0.25, 0.3) is 0 Å². The van der Waals surface area contributed by atoms with Crippen molar-refractivity contribution in [3.05, 3.63) is 65.6 Å². The van der Waals surface area contributed by atoms with Crippen molar-refractivity contribution in [2.45, 2.75) is 44.2 Å². The smallest absolute Gasteiger partial charge is 0.289 e. The molecule has 0 N–H and O–H groups in total. The maximum Gasteiger partial charge on any atom is 0.289 e. The summed E-state index contributed by atoms with van der Waals surface area (Å²) in [6.45, 7) is 2.46. The van der Waals surface area contributed by atoms with Gasteiger partial charge >= 0.3 is 0 Å². The van der Waals surface area contributed by atoms with Crippen molar-refractivity contribution in [2.24, 2.45) is 0 Å². The topological polar surface area (TPSA) is 80.3 Å². The first-order valence-electron chi connectivity index (χ1n) is 11.3. The number of benzene rings is 1. The molecule has 1 aliphatic carbocycles. The maximum absolute atomic E-state index is 13.7. The van der Waals surface area contributed by atoms with Gasteiger partial charge in [0.1, 0.15) is 5.82 Å². The number of carbonyl (C=O) groups excluding carboxylic acids is 1. The second-order valence-electron chi connectivity index (χ2n) is 8.53. The van der Waals surface area contributed by atoms with Crippen molar-refractivity contribution in [3.63, 3.8) is 0 Å². The van der Waals surface area contributed by atoms with E-state index < -0.39 is 0 Å². The molecule has 176 valence electrons. The molecule has 1 amide bonds. The predicted molar refractivity (Wildman–Crippen MR) is 122 cm³/mol. The van der Waals surface area contributed by atoms with Gasteiger partial charge in [0.25, 0.3) is 5.91 Å². The van der Waals surface area contributed by atoms with E-state index in [2.05, 4.69) is 20.4 Å². The fourth-order valence-corrected chi connectivity index (χ4v) is 4.87. The summed E-state index contributed by atoms with van der Waals surface area (Å²) in [6.07, 6.45) is 7.26. The summed E-state index contributed by atoms with van der Waals surface area (Å²) in [5.74, 6) is 0.775. The van der Waals surface area contributed by atoms with Gasteiger partial charge < -0.3 is 9.32 Å². The molecule has 10 heteroatoms. The number of halogens is 2. The van der Waals surface area contributed by atoms with Crippen LogP contribution in [0.2, 0.25) is 0 Å².